The van der Waals surface area contributed by atoms with Gasteiger partial charge in [-0.3, -0.25) is 9.59 Å². The number of unbranched alkanes of at least 4 members (excludes halogenated alkanes) is 8. The molecule has 1 aromatic carbocycles. The molecule has 0 radical (unpaired) electrons. The van der Waals surface area contributed by atoms with Gasteiger partial charge in [0, 0.05) is 19.0 Å². The maximum atomic E-state index is 11.7. The molecule has 25 heavy (non-hydrogen) atoms. The summed E-state index contributed by atoms with van der Waals surface area (Å²) < 4.78 is 0. The van der Waals surface area contributed by atoms with Crippen LogP contribution in [-0.2, 0) is 9.59 Å². The maximum absolute atomic E-state index is 11.7. The molecule has 1 aromatic rings. The molecule has 0 saturated carbocycles. The molecule has 1 rings (SSSR count). The highest BCUT2D eigenvalue weighted by molar-refractivity contribution is 5.91. The molecule has 0 aliphatic rings. The Morgan fingerprint density at radius 2 is 1.40 bits per heavy atom. The van der Waals surface area contributed by atoms with Crippen LogP contribution in [0, 0.1) is 0 Å². The standard InChI is InChI=1S/C21H31NO3/c23-20(17-16-19-13-9-8-10-14-19)22-18-12-7-5-3-1-2-4-6-11-15-21(24)25/h8-10,13-14,16-17H,1-7,11-12,15,18H2,(H,22,23)(H,24,25). The van der Waals surface area contributed by atoms with Crippen molar-refractivity contribution in [3.8, 4) is 0 Å². The fourth-order valence-electron chi connectivity index (χ4n) is 2.65. The van der Waals surface area contributed by atoms with E-state index in [1.54, 1.807) is 6.08 Å². The number of nitrogens with one attached hydrogen (secondary N) is 1. The highest BCUT2D eigenvalue weighted by atomic mass is 16.4. The third-order valence-electron chi connectivity index (χ3n) is 4.09. The molecule has 0 unspecified atom stereocenters. The van der Waals surface area contributed by atoms with Crippen molar-refractivity contribution in [2.75, 3.05) is 6.54 Å². The Hall–Kier alpha value is -2.10. The molecule has 0 heterocycles. The number of hydrogen-bond acceptors (Lipinski definition) is 2. The number of rotatable bonds is 14. The number of amides is 1. The Morgan fingerprint density at radius 1 is 0.840 bits per heavy atom. The van der Waals surface area contributed by atoms with Crippen LogP contribution in [0.2, 0.25) is 0 Å². The number of carboxylic acid groups (broad SMARTS) is 1. The van der Waals surface area contributed by atoms with Gasteiger partial charge in [-0.15, -0.1) is 0 Å². The minimum Gasteiger partial charge on any atom is -0.481 e. The number of benzene rings is 1. The van der Waals surface area contributed by atoms with E-state index in [4.69, 9.17) is 5.11 Å². The summed E-state index contributed by atoms with van der Waals surface area (Å²) in [5.41, 5.74) is 1.03. The minimum atomic E-state index is -0.692. The average molecular weight is 345 g/mol. The summed E-state index contributed by atoms with van der Waals surface area (Å²) in [5.74, 6) is -0.729. The molecule has 2 N–H and O–H groups in total. The molecule has 0 atom stereocenters. The lowest BCUT2D eigenvalue weighted by Gasteiger charge is -2.03. The second-order valence-electron chi connectivity index (χ2n) is 6.36. The molecule has 0 bridgehead atoms. The molecule has 0 aliphatic carbocycles. The van der Waals surface area contributed by atoms with Crippen LogP contribution < -0.4 is 5.32 Å². The summed E-state index contributed by atoms with van der Waals surface area (Å²) in [5, 5.41) is 11.5. The van der Waals surface area contributed by atoms with Crippen LogP contribution >= 0.6 is 0 Å². The van der Waals surface area contributed by atoms with E-state index in [-0.39, 0.29) is 5.91 Å². The molecule has 0 aromatic heterocycles. The number of hydrogen-bond donors (Lipinski definition) is 2. The van der Waals surface area contributed by atoms with Crippen molar-refractivity contribution in [2.45, 2.75) is 64.2 Å². The van der Waals surface area contributed by atoms with Crippen LogP contribution in [-0.4, -0.2) is 23.5 Å². The van der Waals surface area contributed by atoms with Gasteiger partial charge in [-0.2, -0.15) is 0 Å². The van der Waals surface area contributed by atoms with Gasteiger partial charge < -0.3 is 10.4 Å². The van der Waals surface area contributed by atoms with E-state index in [1.807, 2.05) is 36.4 Å². The van der Waals surface area contributed by atoms with Crippen molar-refractivity contribution < 1.29 is 14.7 Å². The van der Waals surface area contributed by atoms with E-state index >= 15 is 0 Å². The Labute approximate surface area is 151 Å². The predicted octanol–water partition coefficient (Wildman–Crippen LogP) is 4.80. The molecule has 4 nitrogen and oxygen atoms in total. The average Bonchev–Trinajstić information content (AvgIpc) is 2.61. The van der Waals surface area contributed by atoms with Gasteiger partial charge in [0.15, 0.2) is 0 Å². The van der Waals surface area contributed by atoms with E-state index in [0.717, 1.165) is 44.2 Å². The summed E-state index contributed by atoms with van der Waals surface area (Å²) in [6.45, 7) is 0.729. The normalized spacial score (nSPS) is 10.9. The third-order valence-corrected chi connectivity index (χ3v) is 4.09. The van der Waals surface area contributed by atoms with Crippen molar-refractivity contribution in [3.63, 3.8) is 0 Å². The van der Waals surface area contributed by atoms with Crippen molar-refractivity contribution in [1.29, 1.82) is 0 Å². The van der Waals surface area contributed by atoms with E-state index < -0.39 is 5.97 Å². The summed E-state index contributed by atoms with van der Waals surface area (Å²) in [6.07, 6.45) is 13.7. The molecular formula is C21H31NO3. The van der Waals surface area contributed by atoms with Crippen molar-refractivity contribution in [1.82, 2.24) is 5.32 Å². The first-order chi connectivity index (χ1) is 12.2. The van der Waals surface area contributed by atoms with E-state index in [9.17, 15) is 9.59 Å². The summed E-state index contributed by atoms with van der Waals surface area (Å²) in [4.78, 5) is 22.1. The molecule has 138 valence electrons. The Balaban J connectivity index is 1.87. The number of carbonyl (C=O) groups is 2. The monoisotopic (exact) mass is 345 g/mol. The highest BCUT2D eigenvalue weighted by Gasteiger charge is 1.97. The smallest absolute Gasteiger partial charge is 0.303 e. The molecule has 4 heteroatoms. The maximum Gasteiger partial charge on any atom is 0.303 e. The molecule has 0 saturated heterocycles. The quantitative estimate of drug-likeness (QED) is 0.376. The van der Waals surface area contributed by atoms with E-state index in [1.165, 1.54) is 25.7 Å². The Morgan fingerprint density at radius 3 is 2.00 bits per heavy atom. The zero-order valence-corrected chi connectivity index (χ0v) is 15.1. The summed E-state index contributed by atoms with van der Waals surface area (Å²) >= 11 is 0. The molecule has 1 amide bonds. The van der Waals surface area contributed by atoms with Crippen LogP contribution in [0.15, 0.2) is 36.4 Å². The van der Waals surface area contributed by atoms with Crippen LogP contribution in [0.3, 0.4) is 0 Å². The topological polar surface area (TPSA) is 66.4 Å². The second kappa shape index (κ2) is 14.3. The first-order valence-electron chi connectivity index (χ1n) is 9.41. The van der Waals surface area contributed by atoms with Crippen LogP contribution in [0.1, 0.15) is 69.8 Å². The van der Waals surface area contributed by atoms with Crippen LogP contribution in [0.5, 0.6) is 0 Å². The Bertz CT molecular complexity index is 511. The zero-order chi connectivity index (χ0) is 18.2. The lowest BCUT2D eigenvalue weighted by atomic mass is 10.1. The van der Waals surface area contributed by atoms with E-state index in [2.05, 4.69) is 5.32 Å². The largest absolute Gasteiger partial charge is 0.481 e. The molecule has 0 spiro atoms. The Kier molecular flexibility index (Phi) is 11.9. The van der Waals surface area contributed by atoms with Crippen molar-refractivity contribution >= 4 is 18.0 Å². The minimum absolute atomic E-state index is 0.0368. The van der Waals surface area contributed by atoms with E-state index in [0.29, 0.717) is 6.42 Å². The molecule has 0 fully saturated rings. The summed E-state index contributed by atoms with van der Waals surface area (Å²) in [6, 6.07) is 9.80. The lowest BCUT2D eigenvalue weighted by Crippen LogP contribution is -2.21. The van der Waals surface area contributed by atoms with Crippen molar-refractivity contribution in [3.05, 3.63) is 42.0 Å². The second-order valence-corrected chi connectivity index (χ2v) is 6.36. The van der Waals surface area contributed by atoms with Gasteiger partial charge in [0.25, 0.3) is 0 Å². The first kappa shape index (κ1) is 20.9. The SMILES string of the molecule is O=C(O)CCCCCCCCCCCNC(=O)C=Cc1ccccc1. The van der Waals surface area contributed by atoms with Crippen LogP contribution in [0.25, 0.3) is 6.08 Å². The summed E-state index contributed by atoms with van der Waals surface area (Å²) in [7, 11) is 0. The van der Waals surface area contributed by atoms with Gasteiger partial charge in [-0.25, -0.2) is 0 Å². The lowest BCUT2D eigenvalue weighted by molar-refractivity contribution is -0.137. The highest BCUT2D eigenvalue weighted by Crippen LogP contribution is 2.10. The molecule has 0 aliphatic heterocycles. The third kappa shape index (κ3) is 12.9. The fourth-order valence-corrected chi connectivity index (χ4v) is 2.65. The number of aliphatic carboxylic acids is 1. The number of carboxylic acids is 1. The van der Waals surface area contributed by atoms with Crippen molar-refractivity contribution in [2.24, 2.45) is 0 Å². The van der Waals surface area contributed by atoms with Gasteiger partial charge in [0.05, 0.1) is 0 Å². The number of carbonyl (C=O) groups excluding carboxylic acids is 1. The van der Waals surface area contributed by atoms with Gasteiger partial charge in [-0.05, 0) is 24.5 Å². The van der Waals surface area contributed by atoms with Gasteiger partial charge >= 0.3 is 5.97 Å². The molecular weight excluding hydrogens is 314 g/mol. The van der Waals surface area contributed by atoms with Gasteiger partial charge in [0.1, 0.15) is 0 Å². The first-order valence-corrected chi connectivity index (χ1v) is 9.41. The van der Waals surface area contributed by atoms with Gasteiger partial charge in [-0.1, -0.05) is 75.3 Å². The predicted molar refractivity (Wildman–Crippen MR) is 102 cm³/mol. The van der Waals surface area contributed by atoms with Crippen LogP contribution in [0.4, 0.5) is 0 Å². The van der Waals surface area contributed by atoms with Gasteiger partial charge in [0.2, 0.25) is 5.91 Å². The fraction of sp³-hybridized carbons (Fsp3) is 0.524. The zero-order valence-electron chi connectivity index (χ0n) is 15.1.